The zero-order valence-corrected chi connectivity index (χ0v) is 20.0. The zero-order chi connectivity index (χ0) is 20.9. The first-order valence-electron chi connectivity index (χ1n) is 11.0. The normalized spacial score (nSPS) is 24.8. The van der Waals surface area contributed by atoms with E-state index in [4.69, 9.17) is 4.43 Å². The van der Waals surface area contributed by atoms with Crippen molar-refractivity contribution < 1.29 is 9.22 Å². The van der Waals surface area contributed by atoms with Gasteiger partial charge in [-0.2, -0.15) is 0 Å². The Morgan fingerprint density at radius 2 is 1.50 bits per heavy atom. The van der Waals surface area contributed by atoms with Crippen molar-refractivity contribution in [2.75, 3.05) is 0 Å². The summed E-state index contributed by atoms with van der Waals surface area (Å²) in [6.45, 7) is 18.8. The van der Waals surface area contributed by atoms with E-state index < -0.39 is 8.32 Å². The van der Waals surface area contributed by atoms with Gasteiger partial charge >= 0.3 is 0 Å². The average molecular weight is 399 g/mol. The maximum Gasteiger partial charge on any atom is 0.200 e. The SMILES string of the molecule is CC(C)[Si](O[C@@H]1[C@@H]2CC(=O)C(c3ccccc3)=C2CC1(C)C)(C(C)C)C(C)C. The van der Waals surface area contributed by atoms with Crippen molar-refractivity contribution in [2.45, 2.75) is 91.0 Å². The highest BCUT2D eigenvalue weighted by Crippen LogP contribution is 2.57. The molecule has 0 heterocycles. The first kappa shape index (κ1) is 21.5. The molecule has 0 N–H and O–H groups in total. The Hall–Kier alpha value is -1.19. The first-order chi connectivity index (χ1) is 13.0. The molecule has 154 valence electrons. The molecule has 1 aromatic rings. The number of Topliss-reactive ketones (excluding diaryl/α,β-unsaturated/α-hetero) is 1. The summed E-state index contributed by atoms with van der Waals surface area (Å²) in [6.07, 6.45) is 1.73. The molecule has 0 spiro atoms. The number of carbonyl (C=O) groups is 1. The van der Waals surface area contributed by atoms with Crippen LogP contribution >= 0.6 is 0 Å². The monoisotopic (exact) mass is 398 g/mol. The number of hydrogen-bond acceptors (Lipinski definition) is 2. The molecule has 3 heteroatoms. The van der Waals surface area contributed by atoms with Crippen LogP contribution in [0.4, 0.5) is 0 Å². The lowest BCUT2D eigenvalue weighted by Crippen LogP contribution is -2.53. The van der Waals surface area contributed by atoms with E-state index in [1.807, 2.05) is 18.2 Å². The molecule has 2 atom stereocenters. The summed E-state index contributed by atoms with van der Waals surface area (Å²) >= 11 is 0. The van der Waals surface area contributed by atoms with E-state index >= 15 is 0 Å². The van der Waals surface area contributed by atoms with Gasteiger partial charge in [-0.25, -0.2) is 0 Å². The Balaban J connectivity index is 2.04. The second-order valence-electron chi connectivity index (χ2n) is 10.5. The number of benzene rings is 1. The molecule has 1 fully saturated rings. The van der Waals surface area contributed by atoms with Gasteiger partial charge in [0.05, 0.1) is 6.10 Å². The molecule has 0 unspecified atom stereocenters. The van der Waals surface area contributed by atoms with Gasteiger partial charge in [-0.15, -0.1) is 0 Å². The molecule has 2 aliphatic rings. The lowest BCUT2D eigenvalue weighted by atomic mass is 9.85. The van der Waals surface area contributed by atoms with Crippen LogP contribution in [-0.2, 0) is 9.22 Å². The predicted molar refractivity (Wildman–Crippen MR) is 121 cm³/mol. The van der Waals surface area contributed by atoms with Crippen LogP contribution in [0.25, 0.3) is 5.57 Å². The van der Waals surface area contributed by atoms with E-state index in [-0.39, 0.29) is 17.4 Å². The van der Waals surface area contributed by atoms with Crippen molar-refractivity contribution in [3.63, 3.8) is 0 Å². The number of hydrogen-bond donors (Lipinski definition) is 0. The van der Waals surface area contributed by atoms with Gasteiger partial charge in [-0.1, -0.05) is 91.3 Å². The van der Waals surface area contributed by atoms with Gasteiger partial charge in [0.2, 0.25) is 8.32 Å². The van der Waals surface area contributed by atoms with Crippen LogP contribution in [0.2, 0.25) is 16.6 Å². The number of rotatable bonds is 6. The summed E-state index contributed by atoms with van der Waals surface area (Å²) in [4.78, 5) is 13.0. The van der Waals surface area contributed by atoms with E-state index in [1.165, 1.54) is 5.57 Å². The van der Waals surface area contributed by atoms with Crippen molar-refractivity contribution in [1.29, 1.82) is 0 Å². The van der Waals surface area contributed by atoms with Gasteiger partial charge < -0.3 is 4.43 Å². The average Bonchev–Trinajstić information content (AvgIpc) is 3.01. The third-order valence-electron chi connectivity index (χ3n) is 7.34. The van der Waals surface area contributed by atoms with Gasteiger partial charge in [-0.3, -0.25) is 4.79 Å². The van der Waals surface area contributed by atoms with Crippen LogP contribution in [0.1, 0.15) is 73.8 Å². The Bertz CT molecular complexity index is 736. The topological polar surface area (TPSA) is 26.3 Å². The number of allylic oxidation sites excluding steroid dienone is 1. The molecule has 2 aliphatic carbocycles. The van der Waals surface area contributed by atoms with E-state index in [1.54, 1.807) is 0 Å². The molecular formula is C25H38O2Si. The van der Waals surface area contributed by atoms with Crippen LogP contribution in [0, 0.1) is 11.3 Å². The maximum absolute atomic E-state index is 13.0. The van der Waals surface area contributed by atoms with Crippen molar-refractivity contribution >= 4 is 19.7 Å². The molecular weight excluding hydrogens is 360 g/mol. The van der Waals surface area contributed by atoms with Crippen molar-refractivity contribution in [1.82, 2.24) is 0 Å². The number of carbonyl (C=O) groups excluding carboxylic acids is 1. The van der Waals surface area contributed by atoms with Crippen molar-refractivity contribution in [3.8, 4) is 0 Å². The third-order valence-corrected chi connectivity index (χ3v) is 13.4. The molecule has 3 rings (SSSR count). The highest BCUT2D eigenvalue weighted by atomic mass is 28.4. The molecule has 0 amide bonds. The summed E-state index contributed by atoms with van der Waals surface area (Å²) in [5, 5.41) is 0. The minimum Gasteiger partial charge on any atom is -0.412 e. The van der Waals surface area contributed by atoms with Crippen molar-refractivity contribution in [3.05, 3.63) is 41.5 Å². The highest BCUT2D eigenvalue weighted by molar-refractivity contribution is 6.77. The molecule has 0 aromatic heterocycles. The molecule has 0 bridgehead atoms. The van der Waals surface area contributed by atoms with Gasteiger partial charge in [0, 0.05) is 17.9 Å². The maximum atomic E-state index is 13.0. The van der Waals surface area contributed by atoms with Crippen LogP contribution in [0.15, 0.2) is 35.9 Å². The fourth-order valence-corrected chi connectivity index (χ4v) is 12.0. The minimum atomic E-state index is -2.00. The van der Waals surface area contributed by atoms with Crippen LogP contribution < -0.4 is 0 Å². The van der Waals surface area contributed by atoms with Gasteiger partial charge in [-0.05, 0) is 34.0 Å². The third kappa shape index (κ3) is 3.35. The fourth-order valence-electron chi connectivity index (χ4n) is 6.26. The van der Waals surface area contributed by atoms with Crippen LogP contribution in [0.3, 0.4) is 0 Å². The Morgan fingerprint density at radius 3 is 2.00 bits per heavy atom. The highest BCUT2D eigenvalue weighted by Gasteiger charge is 2.56. The molecule has 0 saturated heterocycles. The lowest BCUT2D eigenvalue weighted by Gasteiger charge is -2.47. The van der Waals surface area contributed by atoms with E-state index in [2.05, 4.69) is 67.5 Å². The smallest absolute Gasteiger partial charge is 0.200 e. The summed E-state index contributed by atoms with van der Waals surface area (Å²) in [6, 6.07) is 10.3. The van der Waals surface area contributed by atoms with Gasteiger partial charge in [0.1, 0.15) is 0 Å². The molecule has 1 aromatic carbocycles. The number of ketones is 1. The lowest BCUT2D eigenvalue weighted by molar-refractivity contribution is -0.114. The standard InChI is InChI=1S/C25H38O2Si/c1-16(2)28(17(3)4,18(5)6)27-24-20-14-22(26)23(19-12-10-9-11-13-19)21(20)15-25(24,7)8/h9-13,16-18,20,24H,14-15H2,1-8H3/t20-,24-/m1/s1. The summed E-state index contributed by atoms with van der Waals surface area (Å²) in [5.41, 5.74) is 5.16. The minimum absolute atomic E-state index is 0.0671. The molecule has 0 aliphatic heterocycles. The Labute approximate surface area is 172 Å². The molecule has 0 radical (unpaired) electrons. The molecule has 1 saturated carbocycles. The van der Waals surface area contributed by atoms with Gasteiger partial charge in [0.25, 0.3) is 0 Å². The van der Waals surface area contributed by atoms with Crippen LogP contribution in [-0.4, -0.2) is 20.2 Å². The van der Waals surface area contributed by atoms with Crippen molar-refractivity contribution in [2.24, 2.45) is 11.3 Å². The molecule has 2 nitrogen and oxygen atoms in total. The Morgan fingerprint density at radius 1 is 0.964 bits per heavy atom. The summed E-state index contributed by atoms with van der Waals surface area (Å²) < 4.78 is 7.30. The first-order valence-corrected chi connectivity index (χ1v) is 13.2. The number of fused-ring (bicyclic) bond motifs is 1. The van der Waals surface area contributed by atoms with E-state index in [0.29, 0.717) is 28.8 Å². The molecule has 28 heavy (non-hydrogen) atoms. The summed E-state index contributed by atoms with van der Waals surface area (Å²) in [7, 11) is -2.00. The second kappa shape index (κ2) is 7.57. The van der Waals surface area contributed by atoms with E-state index in [9.17, 15) is 4.79 Å². The largest absolute Gasteiger partial charge is 0.412 e. The van der Waals surface area contributed by atoms with Crippen LogP contribution in [0.5, 0.6) is 0 Å². The Kier molecular flexibility index (Phi) is 5.82. The van der Waals surface area contributed by atoms with E-state index in [0.717, 1.165) is 17.6 Å². The second-order valence-corrected chi connectivity index (χ2v) is 15.9. The van der Waals surface area contributed by atoms with Gasteiger partial charge in [0.15, 0.2) is 5.78 Å². The quantitative estimate of drug-likeness (QED) is 0.481. The zero-order valence-electron chi connectivity index (χ0n) is 19.0. The summed E-state index contributed by atoms with van der Waals surface area (Å²) in [5.74, 6) is 0.557. The fraction of sp³-hybridized carbons (Fsp3) is 0.640. The predicted octanol–water partition coefficient (Wildman–Crippen LogP) is 7.02.